The highest BCUT2D eigenvalue weighted by atomic mass is 35.5. The number of hydrogen-bond acceptors (Lipinski definition) is 4. The highest BCUT2D eigenvalue weighted by Gasteiger charge is 2.15. The molecule has 4 rings (SSSR count). The number of fused-ring (bicyclic) bond motifs is 2. The van der Waals surface area contributed by atoms with Crippen molar-refractivity contribution in [1.29, 1.82) is 0 Å². The van der Waals surface area contributed by atoms with Crippen molar-refractivity contribution in [3.8, 4) is 22.9 Å². The second-order valence-electron chi connectivity index (χ2n) is 4.83. The molecule has 2 aromatic carbocycles. The molecule has 6 heteroatoms. The van der Waals surface area contributed by atoms with Crippen LogP contribution in [0, 0.1) is 0 Å². The minimum absolute atomic E-state index is 0.528. The van der Waals surface area contributed by atoms with Gasteiger partial charge >= 0.3 is 0 Å². The number of ether oxygens (including phenoxy) is 2. The Balaban J connectivity index is 1.84. The van der Waals surface area contributed by atoms with Gasteiger partial charge in [-0.1, -0.05) is 11.6 Å². The van der Waals surface area contributed by atoms with Crippen LogP contribution in [0.1, 0.15) is 0 Å². The Labute approximate surface area is 125 Å². The van der Waals surface area contributed by atoms with Gasteiger partial charge in [0, 0.05) is 17.7 Å². The Hall–Kier alpha value is -2.40. The number of aromatic amines is 1. The Bertz CT molecular complexity index is 801. The van der Waals surface area contributed by atoms with Crippen molar-refractivity contribution in [3.05, 3.63) is 35.4 Å². The van der Waals surface area contributed by atoms with Crippen LogP contribution in [0.2, 0.25) is 5.02 Å². The van der Waals surface area contributed by atoms with E-state index in [-0.39, 0.29) is 0 Å². The maximum atomic E-state index is 5.94. The summed E-state index contributed by atoms with van der Waals surface area (Å²) in [6.45, 7) is 1.12. The van der Waals surface area contributed by atoms with Gasteiger partial charge in [-0.3, -0.25) is 0 Å². The quantitative estimate of drug-likeness (QED) is 0.677. The number of halogens is 1. The average Bonchev–Trinajstić information content (AvgIpc) is 2.90. The predicted octanol–water partition coefficient (Wildman–Crippen LogP) is 3.24. The van der Waals surface area contributed by atoms with Gasteiger partial charge in [-0.25, -0.2) is 4.98 Å². The van der Waals surface area contributed by atoms with Crippen LogP contribution in [0.4, 0.5) is 5.69 Å². The molecule has 3 aromatic rings. The zero-order chi connectivity index (χ0) is 14.4. The van der Waals surface area contributed by atoms with E-state index in [9.17, 15) is 0 Å². The van der Waals surface area contributed by atoms with Gasteiger partial charge in [-0.2, -0.15) is 0 Å². The molecular formula is C15H12ClN3O2. The lowest BCUT2D eigenvalue weighted by Gasteiger charge is -2.17. The lowest BCUT2D eigenvalue weighted by molar-refractivity contribution is 0.172. The standard InChI is InChI=1S/C15H12ClN3O2/c16-9-2-1-8(5-10(9)17)15-18-11-6-13-14(7-12(11)19-15)21-4-3-20-13/h1-2,5-7H,3-4,17H2,(H,18,19). The maximum Gasteiger partial charge on any atom is 0.163 e. The van der Waals surface area contributed by atoms with Crippen molar-refractivity contribution >= 4 is 28.3 Å². The van der Waals surface area contributed by atoms with E-state index in [2.05, 4.69) is 9.97 Å². The molecule has 0 fully saturated rings. The third kappa shape index (κ3) is 2.06. The van der Waals surface area contributed by atoms with Gasteiger partial charge < -0.3 is 20.2 Å². The number of H-pyrrole nitrogens is 1. The fraction of sp³-hybridized carbons (Fsp3) is 0.133. The van der Waals surface area contributed by atoms with Gasteiger partial charge in [0.25, 0.3) is 0 Å². The zero-order valence-corrected chi connectivity index (χ0v) is 11.8. The molecule has 0 radical (unpaired) electrons. The normalized spacial score (nSPS) is 13.6. The smallest absolute Gasteiger partial charge is 0.163 e. The van der Waals surface area contributed by atoms with Crippen molar-refractivity contribution in [2.24, 2.45) is 0 Å². The Morgan fingerprint density at radius 3 is 2.62 bits per heavy atom. The summed E-state index contributed by atoms with van der Waals surface area (Å²) < 4.78 is 11.1. The monoisotopic (exact) mass is 301 g/mol. The summed E-state index contributed by atoms with van der Waals surface area (Å²) in [5.41, 5.74) is 8.96. The highest BCUT2D eigenvalue weighted by molar-refractivity contribution is 6.33. The topological polar surface area (TPSA) is 73.2 Å². The number of nitrogens with two attached hydrogens (primary N) is 1. The second kappa shape index (κ2) is 4.56. The molecule has 1 aliphatic heterocycles. The Kier molecular flexibility index (Phi) is 2.68. The third-order valence-corrected chi connectivity index (χ3v) is 3.76. The first-order chi connectivity index (χ1) is 10.2. The molecule has 5 nitrogen and oxygen atoms in total. The predicted molar refractivity (Wildman–Crippen MR) is 81.9 cm³/mol. The molecule has 0 bridgehead atoms. The van der Waals surface area contributed by atoms with Gasteiger partial charge in [-0.15, -0.1) is 0 Å². The van der Waals surface area contributed by atoms with Crippen LogP contribution in [0.25, 0.3) is 22.4 Å². The molecule has 21 heavy (non-hydrogen) atoms. The minimum Gasteiger partial charge on any atom is -0.486 e. The molecule has 0 unspecified atom stereocenters. The first kappa shape index (κ1) is 12.3. The van der Waals surface area contributed by atoms with E-state index in [1.54, 1.807) is 12.1 Å². The first-order valence-electron chi connectivity index (χ1n) is 6.55. The van der Waals surface area contributed by atoms with Crippen LogP contribution < -0.4 is 15.2 Å². The Morgan fingerprint density at radius 1 is 1.10 bits per heavy atom. The van der Waals surface area contributed by atoms with Gasteiger partial charge in [-0.05, 0) is 18.2 Å². The minimum atomic E-state index is 0.528. The summed E-state index contributed by atoms with van der Waals surface area (Å²) in [7, 11) is 0. The van der Waals surface area contributed by atoms with Gasteiger partial charge in [0.2, 0.25) is 0 Å². The number of hydrogen-bond donors (Lipinski definition) is 2. The summed E-state index contributed by atoms with van der Waals surface area (Å²) in [5, 5.41) is 0.534. The summed E-state index contributed by atoms with van der Waals surface area (Å²) in [6.07, 6.45) is 0. The largest absolute Gasteiger partial charge is 0.486 e. The van der Waals surface area contributed by atoms with Crippen LogP contribution in [0.5, 0.6) is 11.5 Å². The van der Waals surface area contributed by atoms with Crippen LogP contribution in [0.3, 0.4) is 0 Å². The van der Waals surface area contributed by atoms with Crippen molar-refractivity contribution < 1.29 is 9.47 Å². The molecule has 1 aromatic heterocycles. The average molecular weight is 302 g/mol. The number of imidazole rings is 1. The third-order valence-electron chi connectivity index (χ3n) is 3.42. The molecule has 0 saturated carbocycles. The van der Waals surface area contributed by atoms with Crippen molar-refractivity contribution in [2.75, 3.05) is 18.9 Å². The van der Waals surface area contributed by atoms with Crippen LogP contribution >= 0.6 is 11.6 Å². The fourth-order valence-corrected chi connectivity index (χ4v) is 2.49. The van der Waals surface area contributed by atoms with Crippen LogP contribution in [-0.4, -0.2) is 23.2 Å². The Morgan fingerprint density at radius 2 is 1.86 bits per heavy atom. The van der Waals surface area contributed by atoms with Crippen LogP contribution in [-0.2, 0) is 0 Å². The number of rotatable bonds is 1. The summed E-state index contributed by atoms with van der Waals surface area (Å²) >= 11 is 5.94. The molecule has 0 atom stereocenters. The molecule has 0 aliphatic carbocycles. The summed E-state index contributed by atoms with van der Waals surface area (Å²) in [5.74, 6) is 2.19. The number of nitrogen functional groups attached to an aromatic ring is 1. The highest BCUT2D eigenvalue weighted by Crippen LogP contribution is 2.35. The molecular weight excluding hydrogens is 290 g/mol. The number of nitrogens with zero attached hydrogens (tertiary/aromatic N) is 1. The summed E-state index contributed by atoms with van der Waals surface area (Å²) in [4.78, 5) is 7.84. The zero-order valence-electron chi connectivity index (χ0n) is 11.0. The van der Waals surface area contributed by atoms with E-state index in [1.807, 2.05) is 18.2 Å². The molecule has 106 valence electrons. The van der Waals surface area contributed by atoms with E-state index in [0.717, 1.165) is 33.9 Å². The number of aromatic nitrogens is 2. The first-order valence-corrected chi connectivity index (χ1v) is 6.93. The van der Waals surface area contributed by atoms with Gasteiger partial charge in [0.1, 0.15) is 19.0 Å². The molecule has 0 spiro atoms. The van der Waals surface area contributed by atoms with Crippen molar-refractivity contribution in [1.82, 2.24) is 9.97 Å². The SMILES string of the molecule is Nc1cc(-c2nc3cc4c(cc3[nH]2)OCCO4)ccc1Cl. The van der Waals surface area contributed by atoms with E-state index in [4.69, 9.17) is 26.8 Å². The van der Waals surface area contributed by atoms with E-state index in [1.165, 1.54) is 0 Å². The molecule has 3 N–H and O–H groups in total. The molecule has 1 aliphatic rings. The molecule has 0 amide bonds. The number of anilines is 1. The molecule has 2 heterocycles. The number of benzene rings is 2. The van der Waals surface area contributed by atoms with Gasteiger partial charge in [0.15, 0.2) is 11.5 Å². The lowest BCUT2D eigenvalue weighted by Crippen LogP contribution is -2.15. The van der Waals surface area contributed by atoms with E-state index < -0.39 is 0 Å². The van der Waals surface area contributed by atoms with Crippen LogP contribution in [0.15, 0.2) is 30.3 Å². The van der Waals surface area contributed by atoms with E-state index >= 15 is 0 Å². The second-order valence-corrected chi connectivity index (χ2v) is 5.24. The number of nitrogens with one attached hydrogen (secondary N) is 1. The summed E-state index contributed by atoms with van der Waals surface area (Å²) in [6, 6.07) is 9.22. The maximum absolute atomic E-state index is 5.94. The van der Waals surface area contributed by atoms with Crippen molar-refractivity contribution in [2.45, 2.75) is 0 Å². The fourth-order valence-electron chi connectivity index (χ4n) is 2.37. The van der Waals surface area contributed by atoms with Gasteiger partial charge in [0.05, 0.1) is 21.7 Å². The molecule has 0 saturated heterocycles. The van der Waals surface area contributed by atoms with Crippen molar-refractivity contribution in [3.63, 3.8) is 0 Å². The lowest BCUT2D eigenvalue weighted by atomic mass is 10.2. The van der Waals surface area contributed by atoms with E-state index in [0.29, 0.717) is 23.9 Å².